The van der Waals surface area contributed by atoms with Crippen LogP contribution in [0.1, 0.15) is 34.5 Å². The number of aromatic nitrogens is 1. The van der Waals surface area contributed by atoms with Crippen molar-refractivity contribution in [3.05, 3.63) is 52.0 Å². The molecular weight excluding hydrogens is 270 g/mol. The molecule has 1 atom stereocenters. The summed E-state index contributed by atoms with van der Waals surface area (Å²) in [4.78, 5) is 16.3. The van der Waals surface area contributed by atoms with Gasteiger partial charge >= 0.3 is 0 Å². The summed E-state index contributed by atoms with van der Waals surface area (Å²) < 4.78 is 0. The fourth-order valence-electron chi connectivity index (χ4n) is 1.72. The second-order valence-electron chi connectivity index (χ2n) is 4.18. The lowest BCUT2D eigenvalue weighted by atomic mass is 10.1. The zero-order valence-electron chi connectivity index (χ0n) is 11.1. The van der Waals surface area contributed by atoms with E-state index >= 15 is 0 Å². The van der Waals surface area contributed by atoms with Crippen LogP contribution >= 0.6 is 11.3 Å². The molecule has 1 unspecified atom stereocenters. The topological polar surface area (TPSA) is 68.0 Å². The third-order valence-electron chi connectivity index (χ3n) is 2.78. The lowest BCUT2D eigenvalue weighted by Gasteiger charge is -2.13. The summed E-state index contributed by atoms with van der Waals surface area (Å²) in [6, 6.07) is 3.62. The van der Waals surface area contributed by atoms with Crippen molar-refractivity contribution < 1.29 is 4.79 Å². The first-order valence-corrected chi connectivity index (χ1v) is 7.12. The molecule has 5 heteroatoms. The summed E-state index contributed by atoms with van der Waals surface area (Å²) in [6.07, 6.45) is 3.16. The standard InChI is InChI=1S/C15H15N3OS/c1-11(13-5-8-20-10-13)18-15(19)14-4-7-17-9-12(14)3-2-6-16/h4-5,7-11H,6,16H2,1H3,(H,18,19). The molecule has 2 aromatic rings. The minimum absolute atomic E-state index is 0.0442. The lowest BCUT2D eigenvalue weighted by Crippen LogP contribution is -2.27. The van der Waals surface area contributed by atoms with Gasteiger partial charge in [-0.15, -0.1) is 0 Å². The van der Waals surface area contributed by atoms with Gasteiger partial charge in [-0.1, -0.05) is 11.8 Å². The highest BCUT2D eigenvalue weighted by Crippen LogP contribution is 2.16. The molecule has 2 aromatic heterocycles. The predicted octanol–water partition coefficient (Wildman–Crippen LogP) is 1.94. The van der Waals surface area contributed by atoms with Gasteiger partial charge in [0.05, 0.1) is 23.7 Å². The van der Waals surface area contributed by atoms with E-state index in [0.29, 0.717) is 11.1 Å². The highest BCUT2D eigenvalue weighted by Gasteiger charge is 2.14. The van der Waals surface area contributed by atoms with Crippen LogP contribution in [0.4, 0.5) is 0 Å². The molecule has 102 valence electrons. The smallest absolute Gasteiger partial charge is 0.253 e. The van der Waals surface area contributed by atoms with E-state index in [9.17, 15) is 4.79 Å². The Labute approximate surface area is 122 Å². The average Bonchev–Trinajstić information content (AvgIpc) is 2.99. The summed E-state index contributed by atoms with van der Waals surface area (Å²) in [5, 5.41) is 6.97. The first-order chi connectivity index (χ1) is 9.72. The molecule has 3 N–H and O–H groups in total. The molecular formula is C15H15N3OS. The van der Waals surface area contributed by atoms with Gasteiger partial charge in [-0.25, -0.2) is 0 Å². The van der Waals surface area contributed by atoms with Gasteiger partial charge in [0.2, 0.25) is 0 Å². The van der Waals surface area contributed by atoms with Crippen molar-refractivity contribution in [1.29, 1.82) is 0 Å². The fourth-order valence-corrected chi connectivity index (χ4v) is 2.47. The second-order valence-corrected chi connectivity index (χ2v) is 4.96. The molecule has 0 radical (unpaired) electrons. The molecule has 0 spiro atoms. The van der Waals surface area contributed by atoms with E-state index in [-0.39, 0.29) is 18.5 Å². The lowest BCUT2D eigenvalue weighted by molar-refractivity contribution is 0.0939. The summed E-state index contributed by atoms with van der Waals surface area (Å²) in [7, 11) is 0. The van der Waals surface area contributed by atoms with Crippen LogP contribution in [0, 0.1) is 11.8 Å². The van der Waals surface area contributed by atoms with Crippen molar-refractivity contribution in [2.24, 2.45) is 5.73 Å². The molecule has 0 aromatic carbocycles. The largest absolute Gasteiger partial charge is 0.345 e. The summed E-state index contributed by atoms with van der Waals surface area (Å²) in [6.45, 7) is 2.20. The molecule has 0 aliphatic rings. The minimum atomic E-state index is -0.160. The number of nitrogens with two attached hydrogens (primary N) is 1. The predicted molar refractivity (Wildman–Crippen MR) is 80.4 cm³/mol. The van der Waals surface area contributed by atoms with E-state index in [1.165, 1.54) is 0 Å². The van der Waals surface area contributed by atoms with Crippen LogP contribution in [0.5, 0.6) is 0 Å². The van der Waals surface area contributed by atoms with Gasteiger partial charge in [0.25, 0.3) is 5.91 Å². The maximum Gasteiger partial charge on any atom is 0.253 e. The SMILES string of the molecule is CC(NC(=O)c1ccncc1C#CCN)c1ccsc1. The van der Waals surface area contributed by atoms with Crippen LogP contribution in [0.15, 0.2) is 35.3 Å². The van der Waals surface area contributed by atoms with E-state index in [1.807, 2.05) is 23.8 Å². The van der Waals surface area contributed by atoms with Gasteiger partial charge in [0.1, 0.15) is 0 Å². The van der Waals surface area contributed by atoms with E-state index in [2.05, 4.69) is 22.1 Å². The molecule has 4 nitrogen and oxygen atoms in total. The van der Waals surface area contributed by atoms with Crippen molar-refractivity contribution in [3.8, 4) is 11.8 Å². The van der Waals surface area contributed by atoms with Crippen molar-refractivity contribution >= 4 is 17.2 Å². The van der Waals surface area contributed by atoms with Crippen molar-refractivity contribution in [2.45, 2.75) is 13.0 Å². The molecule has 0 bridgehead atoms. The first kappa shape index (κ1) is 14.3. The van der Waals surface area contributed by atoms with E-state index < -0.39 is 0 Å². The zero-order chi connectivity index (χ0) is 14.4. The van der Waals surface area contributed by atoms with Gasteiger partial charge in [0.15, 0.2) is 0 Å². The third-order valence-corrected chi connectivity index (χ3v) is 3.48. The molecule has 1 amide bonds. The van der Waals surface area contributed by atoms with Crippen LogP contribution in [-0.2, 0) is 0 Å². The number of hydrogen-bond donors (Lipinski definition) is 2. The molecule has 2 rings (SSSR count). The molecule has 2 heterocycles. The molecule has 0 aliphatic heterocycles. The number of carbonyl (C=O) groups is 1. The van der Waals surface area contributed by atoms with Crippen LogP contribution in [-0.4, -0.2) is 17.4 Å². The number of carbonyl (C=O) groups excluding carboxylic acids is 1. The van der Waals surface area contributed by atoms with Crippen LogP contribution in [0.25, 0.3) is 0 Å². The minimum Gasteiger partial charge on any atom is -0.345 e. The highest BCUT2D eigenvalue weighted by atomic mass is 32.1. The quantitative estimate of drug-likeness (QED) is 0.847. The molecule has 20 heavy (non-hydrogen) atoms. The number of hydrogen-bond acceptors (Lipinski definition) is 4. The van der Waals surface area contributed by atoms with E-state index in [1.54, 1.807) is 29.8 Å². The third kappa shape index (κ3) is 3.44. The maximum atomic E-state index is 12.3. The number of thiophene rings is 1. The Morgan fingerprint density at radius 3 is 3.10 bits per heavy atom. The van der Waals surface area contributed by atoms with Crippen LogP contribution in [0.3, 0.4) is 0 Å². The maximum absolute atomic E-state index is 12.3. The van der Waals surface area contributed by atoms with Crippen molar-refractivity contribution in [2.75, 3.05) is 6.54 Å². The Morgan fingerprint density at radius 2 is 2.40 bits per heavy atom. The average molecular weight is 285 g/mol. The van der Waals surface area contributed by atoms with Crippen molar-refractivity contribution in [1.82, 2.24) is 10.3 Å². The Bertz CT molecular complexity index is 641. The first-order valence-electron chi connectivity index (χ1n) is 6.18. The van der Waals surface area contributed by atoms with Crippen molar-refractivity contribution in [3.63, 3.8) is 0 Å². The van der Waals surface area contributed by atoms with E-state index in [0.717, 1.165) is 5.56 Å². The monoisotopic (exact) mass is 285 g/mol. The van der Waals surface area contributed by atoms with Gasteiger partial charge in [0, 0.05) is 12.4 Å². The number of nitrogens with zero attached hydrogens (tertiary/aromatic N) is 1. The van der Waals surface area contributed by atoms with Gasteiger partial charge in [-0.05, 0) is 35.4 Å². The Hall–Kier alpha value is -2.16. The van der Waals surface area contributed by atoms with E-state index in [4.69, 9.17) is 5.73 Å². The Morgan fingerprint density at radius 1 is 1.55 bits per heavy atom. The van der Waals surface area contributed by atoms with Crippen LogP contribution < -0.4 is 11.1 Å². The normalized spacial score (nSPS) is 11.3. The second kappa shape index (κ2) is 6.85. The number of amides is 1. The number of pyridine rings is 1. The van der Waals surface area contributed by atoms with Gasteiger partial charge < -0.3 is 11.1 Å². The Balaban J connectivity index is 2.17. The molecule has 0 fully saturated rings. The molecule has 0 aliphatic carbocycles. The number of rotatable bonds is 3. The summed E-state index contributed by atoms with van der Waals surface area (Å²) >= 11 is 1.61. The summed E-state index contributed by atoms with van der Waals surface area (Å²) in [5.41, 5.74) is 7.55. The zero-order valence-corrected chi connectivity index (χ0v) is 11.9. The highest BCUT2D eigenvalue weighted by molar-refractivity contribution is 7.07. The fraction of sp³-hybridized carbons (Fsp3) is 0.200. The molecule has 0 saturated carbocycles. The van der Waals surface area contributed by atoms with Crippen LogP contribution in [0.2, 0.25) is 0 Å². The molecule has 0 saturated heterocycles. The number of nitrogens with one attached hydrogen (secondary N) is 1. The van der Waals surface area contributed by atoms with Gasteiger partial charge in [-0.3, -0.25) is 9.78 Å². The Kier molecular flexibility index (Phi) is 4.88. The van der Waals surface area contributed by atoms with Gasteiger partial charge in [-0.2, -0.15) is 11.3 Å². The summed E-state index contributed by atoms with van der Waals surface area (Å²) in [5.74, 6) is 5.45.